The summed E-state index contributed by atoms with van der Waals surface area (Å²) < 4.78 is 0.445. The number of alkyl halides is 1. The van der Waals surface area contributed by atoms with Gasteiger partial charge in [0.15, 0.2) is 0 Å². The number of nitrogens with one attached hydrogen (secondary N) is 1. The van der Waals surface area contributed by atoms with Crippen LogP contribution in [0.25, 0.3) is 0 Å². The number of hydrogen-bond acceptors (Lipinski definition) is 2. The molecule has 1 aliphatic heterocycles. The molecule has 1 unspecified atom stereocenters. The molecular formula is C10H10Br2N2O2. The Bertz CT molecular complexity index is 472. The van der Waals surface area contributed by atoms with Gasteiger partial charge < -0.3 is 9.88 Å². The third-order valence-electron chi connectivity index (χ3n) is 2.59. The van der Waals surface area contributed by atoms with Crippen LogP contribution in [0.3, 0.4) is 0 Å². The Morgan fingerprint density at radius 3 is 2.81 bits per heavy atom. The Labute approximate surface area is 109 Å². The summed E-state index contributed by atoms with van der Waals surface area (Å²) in [6.07, 6.45) is 3.63. The summed E-state index contributed by atoms with van der Waals surface area (Å²) in [5, 5.41) is 0.779. The van der Waals surface area contributed by atoms with Crippen LogP contribution >= 0.6 is 31.9 Å². The van der Waals surface area contributed by atoms with Crippen molar-refractivity contribution in [2.24, 2.45) is 5.92 Å². The van der Waals surface area contributed by atoms with Crippen LogP contribution in [0.4, 0.5) is 5.69 Å². The summed E-state index contributed by atoms with van der Waals surface area (Å²) in [5.41, 5.74) is 0.269. The molecule has 1 saturated heterocycles. The van der Waals surface area contributed by atoms with Crippen molar-refractivity contribution < 1.29 is 4.79 Å². The van der Waals surface area contributed by atoms with Gasteiger partial charge in [0.2, 0.25) is 11.3 Å². The molecular weight excluding hydrogens is 340 g/mol. The van der Waals surface area contributed by atoms with Crippen LogP contribution in [0.1, 0.15) is 6.42 Å². The summed E-state index contributed by atoms with van der Waals surface area (Å²) in [6.45, 7) is 0.601. The van der Waals surface area contributed by atoms with Gasteiger partial charge >= 0.3 is 0 Å². The van der Waals surface area contributed by atoms with E-state index in [2.05, 4.69) is 36.8 Å². The third kappa shape index (κ3) is 2.08. The number of amides is 1. The second-order valence-corrected chi connectivity index (χ2v) is 5.25. The Kier molecular flexibility index (Phi) is 3.49. The Morgan fingerprint density at radius 1 is 1.44 bits per heavy atom. The largest absolute Gasteiger partial charge is 0.365 e. The van der Waals surface area contributed by atoms with Crippen molar-refractivity contribution in [2.75, 3.05) is 16.8 Å². The van der Waals surface area contributed by atoms with Crippen molar-refractivity contribution in [1.29, 1.82) is 0 Å². The van der Waals surface area contributed by atoms with E-state index in [0.717, 1.165) is 5.33 Å². The lowest BCUT2D eigenvalue weighted by Gasteiger charge is -2.15. The molecule has 1 atom stereocenters. The van der Waals surface area contributed by atoms with E-state index in [1.54, 1.807) is 17.3 Å². The first-order chi connectivity index (χ1) is 7.63. The number of rotatable bonds is 2. The maximum absolute atomic E-state index is 11.8. The van der Waals surface area contributed by atoms with Gasteiger partial charge in [-0.05, 0) is 21.8 Å². The fourth-order valence-electron chi connectivity index (χ4n) is 1.77. The number of aromatic nitrogens is 1. The van der Waals surface area contributed by atoms with E-state index in [1.807, 2.05) is 0 Å². The SMILES string of the molecule is O=C1CC(CBr)CN1c1c[nH]cc(Br)c1=O. The van der Waals surface area contributed by atoms with Crippen LogP contribution in [-0.4, -0.2) is 22.8 Å². The topological polar surface area (TPSA) is 53.2 Å². The second kappa shape index (κ2) is 4.71. The highest BCUT2D eigenvalue weighted by Crippen LogP contribution is 2.24. The zero-order valence-corrected chi connectivity index (χ0v) is 11.5. The fourth-order valence-corrected chi connectivity index (χ4v) is 2.53. The molecule has 86 valence electrons. The molecule has 0 spiro atoms. The summed E-state index contributed by atoms with van der Waals surface area (Å²) in [5.74, 6) is 0.291. The van der Waals surface area contributed by atoms with Gasteiger partial charge in [-0.25, -0.2) is 0 Å². The van der Waals surface area contributed by atoms with Crippen LogP contribution in [0, 0.1) is 5.92 Å². The lowest BCUT2D eigenvalue weighted by atomic mass is 10.2. The van der Waals surface area contributed by atoms with E-state index >= 15 is 0 Å². The van der Waals surface area contributed by atoms with Gasteiger partial charge in [-0.2, -0.15) is 0 Å². The normalized spacial score (nSPS) is 20.5. The Morgan fingerprint density at radius 2 is 2.19 bits per heavy atom. The molecule has 0 aliphatic carbocycles. The second-order valence-electron chi connectivity index (χ2n) is 3.75. The van der Waals surface area contributed by atoms with Gasteiger partial charge in [-0.3, -0.25) is 9.59 Å². The predicted molar refractivity (Wildman–Crippen MR) is 69.0 cm³/mol. The molecule has 4 nitrogen and oxygen atoms in total. The van der Waals surface area contributed by atoms with Crippen molar-refractivity contribution in [2.45, 2.75) is 6.42 Å². The maximum Gasteiger partial charge on any atom is 0.227 e. The highest BCUT2D eigenvalue weighted by atomic mass is 79.9. The van der Waals surface area contributed by atoms with Gasteiger partial charge in [0.05, 0.1) is 4.47 Å². The molecule has 16 heavy (non-hydrogen) atoms. The van der Waals surface area contributed by atoms with Gasteiger partial charge in [0.1, 0.15) is 5.69 Å². The summed E-state index contributed by atoms with van der Waals surface area (Å²) in [7, 11) is 0. The predicted octanol–water partition coefficient (Wildman–Crippen LogP) is 1.89. The van der Waals surface area contributed by atoms with Gasteiger partial charge in [-0.1, -0.05) is 15.9 Å². The first kappa shape index (κ1) is 11.9. The highest BCUT2D eigenvalue weighted by molar-refractivity contribution is 9.10. The third-order valence-corrected chi connectivity index (χ3v) is 4.10. The maximum atomic E-state index is 11.8. The lowest BCUT2D eigenvalue weighted by molar-refractivity contribution is -0.117. The standard InChI is InChI=1S/C10H10Br2N2O2/c11-2-6-1-9(15)14(5-6)8-4-13-3-7(12)10(8)16/h3-4,6H,1-2,5H2,(H,13,16). The fraction of sp³-hybridized carbons (Fsp3) is 0.400. The average Bonchev–Trinajstić information content (AvgIpc) is 2.64. The van der Waals surface area contributed by atoms with Crippen LogP contribution in [-0.2, 0) is 4.79 Å². The monoisotopic (exact) mass is 348 g/mol. The quantitative estimate of drug-likeness (QED) is 0.829. The van der Waals surface area contributed by atoms with Crippen LogP contribution in [0.5, 0.6) is 0 Å². The van der Waals surface area contributed by atoms with Crippen molar-refractivity contribution >= 4 is 43.5 Å². The minimum Gasteiger partial charge on any atom is -0.365 e. The van der Waals surface area contributed by atoms with Gasteiger partial charge in [0, 0.05) is 30.7 Å². The molecule has 0 aromatic carbocycles. The molecule has 2 heterocycles. The Balaban J connectivity index is 2.35. The number of carbonyl (C=O) groups excluding carboxylic acids is 1. The van der Waals surface area contributed by atoms with Crippen LogP contribution in [0.15, 0.2) is 21.7 Å². The average molecular weight is 350 g/mol. The Hall–Kier alpha value is -0.620. The van der Waals surface area contributed by atoms with E-state index < -0.39 is 0 Å². The van der Waals surface area contributed by atoms with E-state index in [1.165, 1.54) is 0 Å². The molecule has 1 aromatic rings. The first-order valence-corrected chi connectivity index (χ1v) is 6.78. The lowest BCUT2D eigenvalue weighted by Crippen LogP contribution is -2.30. The van der Waals surface area contributed by atoms with Crippen molar-refractivity contribution in [3.8, 4) is 0 Å². The number of H-pyrrole nitrogens is 1. The molecule has 2 rings (SSSR count). The molecule has 0 radical (unpaired) electrons. The van der Waals surface area contributed by atoms with Crippen LogP contribution < -0.4 is 10.3 Å². The van der Waals surface area contributed by atoms with Crippen LogP contribution in [0.2, 0.25) is 0 Å². The van der Waals surface area contributed by atoms with Crippen molar-refractivity contribution in [1.82, 2.24) is 4.98 Å². The molecule has 1 N–H and O–H groups in total. The number of anilines is 1. The molecule has 6 heteroatoms. The highest BCUT2D eigenvalue weighted by Gasteiger charge is 2.31. The van der Waals surface area contributed by atoms with Gasteiger partial charge in [-0.15, -0.1) is 0 Å². The van der Waals surface area contributed by atoms with E-state index in [9.17, 15) is 9.59 Å². The number of pyridine rings is 1. The van der Waals surface area contributed by atoms with E-state index in [0.29, 0.717) is 23.1 Å². The molecule has 1 amide bonds. The number of carbonyl (C=O) groups is 1. The van der Waals surface area contributed by atoms with E-state index in [4.69, 9.17) is 0 Å². The number of aromatic amines is 1. The zero-order valence-electron chi connectivity index (χ0n) is 8.37. The van der Waals surface area contributed by atoms with Crippen molar-refractivity contribution in [3.63, 3.8) is 0 Å². The molecule has 0 saturated carbocycles. The molecule has 1 fully saturated rings. The van der Waals surface area contributed by atoms with E-state index in [-0.39, 0.29) is 17.3 Å². The van der Waals surface area contributed by atoms with Crippen molar-refractivity contribution in [3.05, 3.63) is 27.1 Å². The molecule has 1 aliphatic rings. The molecule has 0 bridgehead atoms. The molecule has 1 aromatic heterocycles. The van der Waals surface area contributed by atoms with Gasteiger partial charge in [0.25, 0.3) is 0 Å². The summed E-state index contributed by atoms with van der Waals surface area (Å²) >= 11 is 6.52. The minimum atomic E-state index is -0.151. The smallest absolute Gasteiger partial charge is 0.227 e. The number of nitrogens with zero attached hydrogens (tertiary/aromatic N) is 1. The zero-order chi connectivity index (χ0) is 11.7. The summed E-state index contributed by atoms with van der Waals surface area (Å²) in [4.78, 5) is 28.0. The first-order valence-electron chi connectivity index (χ1n) is 4.86. The minimum absolute atomic E-state index is 0.00745. The number of halogens is 2. The number of hydrogen-bond donors (Lipinski definition) is 1. The summed E-state index contributed by atoms with van der Waals surface area (Å²) in [6, 6.07) is 0.